The van der Waals surface area contributed by atoms with Gasteiger partial charge in [-0.15, -0.1) is 0 Å². The van der Waals surface area contributed by atoms with Gasteiger partial charge in [0.25, 0.3) is 0 Å². The molecule has 1 aliphatic rings. The number of nitrogens with one attached hydrogen (secondary N) is 1. The molecule has 0 bridgehead atoms. The predicted octanol–water partition coefficient (Wildman–Crippen LogP) is 6.24. The van der Waals surface area contributed by atoms with Crippen molar-refractivity contribution in [3.63, 3.8) is 0 Å². The van der Waals surface area contributed by atoms with Crippen molar-refractivity contribution in [2.24, 2.45) is 0 Å². The molecule has 1 N–H and O–H groups in total. The molecule has 1 aromatic heterocycles. The Morgan fingerprint density at radius 2 is 1.68 bits per heavy atom. The Morgan fingerprint density at radius 1 is 1.11 bits per heavy atom. The molecule has 0 spiro atoms. The van der Waals surface area contributed by atoms with Crippen LogP contribution in [0.15, 0.2) is 12.3 Å². The average Bonchev–Trinajstić information content (AvgIpc) is 3.26. The second-order valence-corrected chi connectivity index (χ2v) is 16.8. The topological polar surface area (TPSA) is 71.5 Å². The van der Waals surface area contributed by atoms with Gasteiger partial charge in [0.15, 0.2) is 0 Å². The Morgan fingerprint density at radius 3 is 2.21 bits per heavy atom. The van der Waals surface area contributed by atoms with Gasteiger partial charge in [0, 0.05) is 0 Å². The number of aromatic nitrogens is 1. The van der Waals surface area contributed by atoms with Gasteiger partial charge in [-0.05, 0) is 0 Å². The van der Waals surface area contributed by atoms with Crippen LogP contribution in [0.4, 0.5) is 13.6 Å². The number of pyridine rings is 1. The molecule has 0 unspecified atom stereocenters. The number of hydrogen-bond donors (Lipinski definition) is 1. The standard InChI is InChI=1S/C16H20F2N3O3.C13H27.Sn/c1-16(2,3)24-15(23)21-9-11(17)6-13(21)14(22)20-7-10-4-5-19-8-12(10)18;1-4-7-10-13(11-8-5-2)12-9-6-3;/h4,8,11,13H,6-7,9H2,1-3H3,(H,20,22);4-12H2,1-3H3;/t11-,13+;;/m1../s1. The first-order valence-electron chi connectivity index (χ1n) is 14.3. The number of halogens is 2. The van der Waals surface area contributed by atoms with E-state index in [0.29, 0.717) is 8.99 Å². The Kier molecular flexibility index (Phi) is 13.2. The molecule has 38 heavy (non-hydrogen) atoms. The summed E-state index contributed by atoms with van der Waals surface area (Å²) < 4.78 is 35.6. The molecular weight excluding hydrogens is 595 g/mol. The van der Waals surface area contributed by atoms with Crippen LogP contribution in [0.5, 0.6) is 0 Å². The molecule has 2 atom stereocenters. The zero-order valence-electron chi connectivity index (χ0n) is 24.2. The summed E-state index contributed by atoms with van der Waals surface area (Å²) in [5.41, 5.74) is -0.368. The molecule has 2 radical (unpaired) electrons. The van der Waals surface area contributed by atoms with E-state index in [2.05, 4.69) is 31.1 Å². The van der Waals surface area contributed by atoms with Crippen LogP contribution >= 0.6 is 0 Å². The van der Waals surface area contributed by atoms with E-state index >= 15 is 0 Å². The number of amides is 2. The minimum absolute atomic E-state index is 0.0267. The molecule has 2 rings (SSSR count). The van der Waals surface area contributed by atoms with Gasteiger partial charge in [-0.3, -0.25) is 0 Å². The van der Waals surface area contributed by atoms with Crippen molar-refractivity contribution in [3.8, 4) is 0 Å². The summed E-state index contributed by atoms with van der Waals surface area (Å²) in [5, 5.41) is 2.74. The fraction of sp³-hybridized carbons (Fsp3) is 0.759. The Bertz CT molecular complexity index is 888. The van der Waals surface area contributed by atoms with Gasteiger partial charge in [-0.2, -0.15) is 0 Å². The number of alkyl halides is 1. The molecule has 1 saturated heterocycles. The van der Waals surface area contributed by atoms with Crippen molar-refractivity contribution in [1.29, 1.82) is 0 Å². The van der Waals surface area contributed by atoms with Gasteiger partial charge in [-0.25, -0.2) is 0 Å². The summed E-state index contributed by atoms with van der Waals surface area (Å²) in [5.74, 6) is -0.967. The van der Waals surface area contributed by atoms with E-state index in [1.54, 1.807) is 20.8 Å². The molecule has 2 heterocycles. The zero-order valence-corrected chi connectivity index (χ0v) is 27.0. The van der Waals surface area contributed by atoms with Crippen molar-refractivity contribution in [2.75, 3.05) is 6.54 Å². The van der Waals surface area contributed by atoms with Gasteiger partial charge in [0.05, 0.1) is 0 Å². The third-order valence-electron chi connectivity index (χ3n) is 6.99. The summed E-state index contributed by atoms with van der Waals surface area (Å²) in [7, 11) is 0. The molecule has 0 aliphatic carbocycles. The van der Waals surface area contributed by atoms with E-state index in [9.17, 15) is 18.4 Å². The molecule has 0 aromatic carbocycles. The maximum absolute atomic E-state index is 14.8. The van der Waals surface area contributed by atoms with Crippen LogP contribution in [0, 0.1) is 5.82 Å². The second kappa shape index (κ2) is 15.4. The van der Waals surface area contributed by atoms with Crippen LogP contribution in [0.1, 0.15) is 111 Å². The molecule has 214 valence electrons. The van der Waals surface area contributed by atoms with E-state index in [4.69, 9.17) is 4.74 Å². The average molecular weight is 642 g/mol. The summed E-state index contributed by atoms with van der Waals surface area (Å²) in [6.45, 7) is 11.6. The van der Waals surface area contributed by atoms with Gasteiger partial charge in [-0.1, -0.05) is 0 Å². The minimum atomic E-state index is -1.31. The van der Waals surface area contributed by atoms with E-state index < -0.39 is 56.8 Å². The van der Waals surface area contributed by atoms with Crippen LogP contribution in [-0.4, -0.2) is 67.4 Å². The first-order chi connectivity index (χ1) is 17.9. The first-order valence-corrected chi connectivity index (χ1v) is 17.1. The molecule has 0 saturated carbocycles. The summed E-state index contributed by atoms with van der Waals surface area (Å²) in [6, 6.07) is 0.851. The Hall–Kier alpha value is -1.45. The molecule has 2 amide bonds. The van der Waals surface area contributed by atoms with Gasteiger partial charge in [0.1, 0.15) is 0 Å². The summed E-state index contributed by atoms with van der Waals surface area (Å²) >= 11 is -1.16. The molecule has 1 aliphatic heterocycles. The van der Waals surface area contributed by atoms with E-state index in [1.165, 1.54) is 44.7 Å². The number of carbonyl (C=O) groups excluding carboxylic acids is 2. The molecular formula is C29H47F2N3O3Sn. The van der Waals surface area contributed by atoms with Crippen molar-refractivity contribution in [3.05, 3.63) is 23.6 Å². The van der Waals surface area contributed by atoms with Crippen LogP contribution in [0.2, 0.25) is 3.43 Å². The predicted molar refractivity (Wildman–Crippen MR) is 149 cm³/mol. The monoisotopic (exact) mass is 643 g/mol. The van der Waals surface area contributed by atoms with Gasteiger partial charge < -0.3 is 0 Å². The fourth-order valence-electron chi connectivity index (χ4n) is 4.92. The fourth-order valence-corrected chi connectivity index (χ4v) is 10.1. The third kappa shape index (κ3) is 10.3. The number of hydrogen-bond acceptors (Lipinski definition) is 4. The van der Waals surface area contributed by atoms with Crippen LogP contribution in [-0.2, 0) is 16.1 Å². The van der Waals surface area contributed by atoms with Crippen LogP contribution in [0.25, 0.3) is 0 Å². The van der Waals surface area contributed by atoms with Crippen molar-refractivity contribution >= 4 is 36.9 Å². The van der Waals surface area contributed by atoms with Crippen LogP contribution in [0.3, 0.4) is 0 Å². The molecule has 6 nitrogen and oxygen atoms in total. The summed E-state index contributed by atoms with van der Waals surface area (Å²) in [4.78, 5) is 31.2. The maximum atomic E-state index is 14.8. The van der Waals surface area contributed by atoms with Gasteiger partial charge in [0.2, 0.25) is 0 Å². The number of carbonyl (C=O) groups is 2. The SMILES string of the molecule is CCCC[C](CCCC)(CCCC)[Sn][c]1cc(CNC(=O)[C@@H]2C[C@@H](F)CN2C(=O)OC(C)(C)C)c(F)cn1. The molecule has 1 fully saturated rings. The van der Waals surface area contributed by atoms with Crippen molar-refractivity contribution in [1.82, 2.24) is 15.2 Å². The second-order valence-electron chi connectivity index (χ2n) is 11.6. The van der Waals surface area contributed by atoms with Crippen LogP contribution < -0.4 is 9.03 Å². The Labute approximate surface area is 238 Å². The molecule has 9 heteroatoms. The zero-order chi connectivity index (χ0) is 28.3. The van der Waals surface area contributed by atoms with E-state index in [0.717, 1.165) is 27.9 Å². The third-order valence-corrected chi connectivity index (χ3v) is 12.2. The number of likely N-dealkylation sites (tertiary alicyclic amines) is 1. The first kappa shape index (κ1) is 32.8. The van der Waals surface area contributed by atoms with Crippen molar-refractivity contribution < 1.29 is 23.1 Å². The normalized spacial score (nSPS) is 18.1. The number of ether oxygens (including phenoxy) is 1. The number of rotatable bonds is 14. The number of nitrogens with zero attached hydrogens (tertiary/aromatic N) is 2. The molecule has 1 aromatic rings. The number of unbranched alkanes of at least 4 members (excludes halogenated alkanes) is 3. The van der Waals surface area contributed by atoms with E-state index in [1.807, 2.05) is 6.07 Å². The van der Waals surface area contributed by atoms with E-state index in [-0.39, 0.29) is 19.5 Å². The van der Waals surface area contributed by atoms with Gasteiger partial charge >= 0.3 is 239 Å². The quantitative estimate of drug-likeness (QED) is 0.244. The Balaban J connectivity index is 2.15. The van der Waals surface area contributed by atoms with Crippen molar-refractivity contribution in [2.45, 2.75) is 134 Å². The summed E-state index contributed by atoms with van der Waals surface area (Å²) in [6.07, 6.45) is 9.84.